The molecule has 0 aromatic heterocycles. The molecule has 0 unspecified atom stereocenters. The summed E-state index contributed by atoms with van der Waals surface area (Å²) in [7, 11) is 0. The molecule has 2 bridgehead atoms. The third kappa shape index (κ3) is 3.40. The van der Waals surface area contributed by atoms with E-state index in [0.29, 0.717) is 10.8 Å². The Labute approximate surface area is 180 Å². The number of allylic oxidation sites excluding steroid dienone is 3. The van der Waals surface area contributed by atoms with Gasteiger partial charge in [-0.3, -0.25) is 0 Å². The largest absolute Gasteiger partial charge is 0.335 e. The number of aryl methyl sites for hydroxylation is 1. The molecule has 4 aliphatic rings. The second-order valence-corrected chi connectivity index (χ2v) is 13.2. The first kappa shape index (κ1) is 19.5. The topological polar surface area (TPSA) is 24.4 Å². The quantitative estimate of drug-likeness (QED) is 0.523. The van der Waals surface area contributed by atoms with Crippen molar-refractivity contribution in [2.75, 3.05) is 5.32 Å². The number of hydrogen-bond acceptors (Lipinski definition) is 3. The van der Waals surface area contributed by atoms with Crippen molar-refractivity contribution in [1.29, 1.82) is 0 Å². The predicted octanol–water partition coefficient (Wildman–Crippen LogP) is 7.48. The van der Waals surface area contributed by atoms with Gasteiger partial charge in [-0.1, -0.05) is 70.2 Å². The van der Waals surface area contributed by atoms with Gasteiger partial charge in [-0.25, -0.2) is 4.99 Å². The molecule has 0 radical (unpaired) electrons. The molecule has 1 aromatic carbocycles. The maximum Gasteiger partial charge on any atom is 0.166 e. The van der Waals surface area contributed by atoms with Crippen LogP contribution in [0.2, 0.25) is 0 Å². The third-order valence-electron chi connectivity index (χ3n) is 7.07. The van der Waals surface area contributed by atoms with Crippen molar-refractivity contribution in [3.8, 4) is 0 Å². The van der Waals surface area contributed by atoms with Gasteiger partial charge in [0.05, 0.1) is 4.75 Å². The van der Waals surface area contributed by atoms with E-state index >= 15 is 0 Å². The highest BCUT2D eigenvalue weighted by Gasteiger charge is 2.57. The number of fused-ring (bicyclic) bond motifs is 1. The summed E-state index contributed by atoms with van der Waals surface area (Å²) in [6.07, 6.45) is 8.69. The maximum atomic E-state index is 5.22. The second kappa shape index (κ2) is 6.03. The molecule has 154 valence electrons. The summed E-state index contributed by atoms with van der Waals surface area (Å²) in [5.74, 6) is 0. The van der Waals surface area contributed by atoms with Crippen LogP contribution in [0.25, 0.3) is 0 Å². The number of aliphatic imine (C=N–C) groups is 1. The fraction of sp³-hybridized carbons (Fsp3) is 0.577. The molecule has 0 saturated heterocycles. The summed E-state index contributed by atoms with van der Waals surface area (Å²) < 4.78 is 0.168. The molecule has 1 saturated carbocycles. The molecule has 1 N–H and O–H groups in total. The van der Waals surface area contributed by atoms with Crippen molar-refractivity contribution >= 4 is 22.6 Å². The lowest BCUT2D eigenvalue weighted by molar-refractivity contribution is 0.107. The molecule has 1 aliphatic heterocycles. The van der Waals surface area contributed by atoms with Crippen LogP contribution in [0, 0.1) is 23.2 Å². The lowest BCUT2D eigenvalue weighted by Gasteiger charge is -2.59. The second-order valence-electron chi connectivity index (χ2n) is 11.9. The zero-order valence-corrected chi connectivity index (χ0v) is 19.6. The lowest BCUT2D eigenvalue weighted by Crippen LogP contribution is -2.52. The highest BCUT2D eigenvalue weighted by molar-refractivity contribution is 8.15. The first-order chi connectivity index (χ1) is 13.5. The predicted molar refractivity (Wildman–Crippen MR) is 126 cm³/mol. The Morgan fingerprint density at radius 2 is 1.62 bits per heavy atom. The molecule has 3 heteroatoms. The van der Waals surface area contributed by atoms with E-state index < -0.39 is 0 Å². The van der Waals surface area contributed by atoms with E-state index in [1.54, 1.807) is 11.1 Å². The summed E-state index contributed by atoms with van der Waals surface area (Å²) in [5, 5.41) is 4.76. The SMILES string of the molecule is Cc1ccc(NC2=NC3=C4C(=C[C@]5(C)CC(C)(C)C[C@@]4(C5)S2)CC(C)(C)C3)cc1. The number of amidine groups is 1. The Kier molecular flexibility index (Phi) is 4.05. The van der Waals surface area contributed by atoms with Gasteiger partial charge in [0, 0.05) is 11.4 Å². The first-order valence-electron chi connectivity index (χ1n) is 11.0. The number of thioether (sulfide) groups is 1. The van der Waals surface area contributed by atoms with E-state index in [4.69, 9.17) is 4.99 Å². The van der Waals surface area contributed by atoms with Gasteiger partial charge in [0.2, 0.25) is 0 Å². The monoisotopic (exact) mass is 406 g/mol. The molecular formula is C26H34N2S. The van der Waals surface area contributed by atoms with Crippen molar-refractivity contribution in [3.05, 3.63) is 52.7 Å². The van der Waals surface area contributed by atoms with Crippen molar-refractivity contribution in [3.63, 3.8) is 0 Å². The molecule has 2 atom stereocenters. The standard InChI is InChI=1S/C26H34N2S/c1-17-7-9-19(10-8-17)27-22-28-20-13-23(2,3)11-18-12-25(6)14-24(4,5)15-26(16-25,29-22)21(18)20/h7-10,12H,11,13-16H2,1-6H3,(H,27,28)/t25-,26+/m1/s1. The number of nitrogens with one attached hydrogen (secondary N) is 1. The summed E-state index contributed by atoms with van der Waals surface area (Å²) >= 11 is 2.01. The Morgan fingerprint density at radius 3 is 2.34 bits per heavy atom. The minimum atomic E-state index is 0.168. The average Bonchev–Trinajstić information content (AvgIpc) is 2.51. The fourth-order valence-electron chi connectivity index (χ4n) is 6.84. The Balaban J connectivity index is 1.62. The van der Waals surface area contributed by atoms with Crippen LogP contribution in [-0.4, -0.2) is 9.91 Å². The van der Waals surface area contributed by atoms with Crippen LogP contribution in [0.1, 0.15) is 72.3 Å². The number of anilines is 1. The molecule has 29 heavy (non-hydrogen) atoms. The summed E-state index contributed by atoms with van der Waals surface area (Å²) in [6.45, 7) is 14.4. The fourth-order valence-corrected chi connectivity index (χ4v) is 8.75. The van der Waals surface area contributed by atoms with Crippen LogP contribution in [0.3, 0.4) is 0 Å². The highest BCUT2D eigenvalue weighted by Crippen LogP contribution is 2.67. The molecule has 2 nitrogen and oxygen atoms in total. The van der Waals surface area contributed by atoms with Crippen LogP contribution in [0.5, 0.6) is 0 Å². The number of rotatable bonds is 1. The summed E-state index contributed by atoms with van der Waals surface area (Å²) in [4.78, 5) is 5.22. The van der Waals surface area contributed by atoms with Crippen LogP contribution in [0.15, 0.2) is 52.2 Å². The van der Waals surface area contributed by atoms with Gasteiger partial charge in [-0.2, -0.15) is 0 Å². The number of benzene rings is 1. The van der Waals surface area contributed by atoms with Gasteiger partial charge in [-0.15, -0.1) is 0 Å². The molecule has 1 spiro atoms. The lowest BCUT2D eigenvalue weighted by atomic mass is 9.52. The van der Waals surface area contributed by atoms with Crippen molar-refractivity contribution < 1.29 is 0 Å². The zero-order chi connectivity index (χ0) is 20.7. The molecule has 5 rings (SSSR count). The summed E-state index contributed by atoms with van der Waals surface area (Å²) in [5.41, 5.74) is 7.90. The van der Waals surface area contributed by atoms with Crippen molar-refractivity contribution in [1.82, 2.24) is 0 Å². The van der Waals surface area contributed by atoms with Crippen molar-refractivity contribution in [2.24, 2.45) is 21.2 Å². The highest BCUT2D eigenvalue weighted by atomic mass is 32.2. The first-order valence-corrected chi connectivity index (χ1v) is 11.9. The molecule has 1 heterocycles. The molecule has 3 aliphatic carbocycles. The minimum Gasteiger partial charge on any atom is -0.335 e. The third-order valence-corrected chi connectivity index (χ3v) is 8.34. The Morgan fingerprint density at radius 1 is 0.897 bits per heavy atom. The number of nitrogens with zero attached hydrogens (tertiary/aromatic N) is 1. The van der Waals surface area contributed by atoms with Gasteiger partial charge in [0.1, 0.15) is 0 Å². The maximum absolute atomic E-state index is 5.22. The zero-order valence-electron chi connectivity index (χ0n) is 18.8. The molecule has 1 fully saturated rings. The van der Waals surface area contributed by atoms with E-state index in [1.807, 2.05) is 11.8 Å². The van der Waals surface area contributed by atoms with E-state index in [9.17, 15) is 0 Å². The van der Waals surface area contributed by atoms with Crippen LogP contribution in [-0.2, 0) is 0 Å². The Hall–Kier alpha value is -1.48. The minimum absolute atomic E-state index is 0.168. The number of hydrogen-bond donors (Lipinski definition) is 1. The van der Waals surface area contributed by atoms with Gasteiger partial charge in [-0.05, 0) is 78.6 Å². The van der Waals surface area contributed by atoms with Crippen LogP contribution >= 0.6 is 11.8 Å². The van der Waals surface area contributed by atoms with Gasteiger partial charge in [0.15, 0.2) is 5.17 Å². The van der Waals surface area contributed by atoms with Gasteiger partial charge < -0.3 is 5.32 Å². The van der Waals surface area contributed by atoms with Crippen LogP contribution < -0.4 is 5.32 Å². The van der Waals surface area contributed by atoms with Crippen LogP contribution in [0.4, 0.5) is 5.69 Å². The van der Waals surface area contributed by atoms with Gasteiger partial charge in [0.25, 0.3) is 0 Å². The van der Waals surface area contributed by atoms with Crippen molar-refractivity contribution in [2.45, 2.75) is 78.4 Å². The molecule has 1 aromatic rings. The van der Waals surface area contributed by atoms with Gasteiger partial charge >= 0.3 is 0 Å². The van der Waals surface area contributed by atoms with E-state index in [2.05, 4.69) is 77.2 Å². The normalized spacial score (nSPS) is 34.1. The van der Waals surface area contributed by atoms with E-state index in [0.717, 1.165) is 17.3 Å². The van der Waals surface area contributed by atoms with E-state index in [1.165, 1.54) is 36.9 Å². The Bertz CT molecular complexity index is 963. The summed E-state index contributed by atoms with van der Waals surface area (Å²) in [6, 6.07) is 8.69. The smallest absolute Gasteiger partial charge is 0.166 e. The molecule has 0 amide bonds. The average molecular weight is 407 g/mol. The molecular weight excluding hydrogens is 372 g/mol. The van der Waals surface area contributed by atoms with E-state index in [-0.39, 0.29) is 10.2 Å².